The van der Waals surface area contributed by atoms with Crippen molar-refractivity contribution in [2.45, 2.75) is 44.7 Å². The molecule has 0 spiro atoms. The predicted molar refractivity (Wildman–Crippen MR) is 131 cm³/mol. The molecule has 5 rings (SSSR count). The molecule has 0 saturated carbocycles. The molecule has 1 unspecified atom stereocenters. The molecule has 1 fully saturated rings. The Bertz CT molecular complexity index is 1140. The monoisotopic (exact) mass is 453 g/mol. The first kappa shape index (κ1) is 22.3. The van der Waals surface area contributed by atoms with E-state index in [1.54, 1.807) is 0 Å². The number of aromatic nitrogens is 4. The van der Waals surface area contributed by atoms with Gasteiger partial charge in [0.25, 0.3) is 0 Å². The zero-order chi connectivity index (χ0) is 23.2. The highest BCUT2D eigenvalue weighted by Gasteiger charge is 2.31. The van der Waals surface area contributed by atoms with Crippen LogP contribution in [0.4, 0.5) is 0 Å². The van der Waals surface area contributed by atoms with E-state index < -0.39 is 0 Å². The molecule has 34 heavy (non-hydrogen) atoms. The lowest BCUT2D eigenvalue weighted by atomic mass is 10.0. The van der Waals surface area contributed by atoms with Gasteiger partial charge < -0.3 is 4.90 Å². The van der Waals surface area contributed by atoms with E-state index in [0.717, 1.165) is 50.5 Å². The summed E-state index contributed by atoms with van der Waals surface area (Å²) in [4.78, 5) is 5.05. The molecule has 1 aliphatic heterocycles. The van der Waals surface area contributed by atoms with Crippen molar-refractivity contribution in [3.05, 3.63) is 88.9 Å². The molecule has 7 heteroatoms. The Balaban J connectivity index is 1.38. The number of nitriles is 1. The van der Waals surface area contributed by atoms with Gasteiger partial charge in [0.15, 0.2) is 5.82 Å². The van der Waals surface area contributed by atoms with Crippen LogP contribution in [0.1, 0.15) is 54.2 Å². The highest BCUT2D eigenvalue weighted by Crippen LogP contribution is 2.30. The second-order valence-electron chi connectivity index (χ2n) is 9.10. The molecular formula is C27H31N7. The molecule has 7 nitrogen and oxygen atoms in total. The van der Waals surface area contributed by atoms with E-state index in [1.165, 1.54) is 36.9 Å². The standard InChI is InChI=1S/C27H31N7/c28-21-23-11-13-24(14-12-23)26(33-19-17-32(18-20-33)25-9-5-2-6-10-25)27-29-30-31-34(27)16-15-22-7-3-1-4-8-22/h1,3-4,7-9,11-14,26H,2,5-6,10,15-20H2. The van der Waals surface area contributed by atoms with Gasteiger partial charge in [-0.3, -0.25) is 4.90 Å². The van der Waals surface area contributed by atoms with Gasteiger partial charge in [0.2, 0.25) is 0 Å². The molecule has 2 aromatic carbocycles. The van der Waals surface area contributed by atoms with E-state index in [1.807, 2.05) is 22.9 Å². The number of tetrazole rings is 1. The predicted octanol–water partition coefficient (Wildman–Crippen LogP) is 3.95. The fourth-order valence-corrected chi connectivity index (χ4v) is 5.09. The number of hydrogen-bond donors (Lipinski definition) is 0. The molecule has 0 amide bonds. The first-order valence-electron chi connectivity index (χ1n) is 12.3. The van der Waals surface area contributed by atoms with Gasteiger partial charge in [0, 0.05) is 38.4 Å². The summed E-state index contributed by atoms with van der Waals surface area (Å²) in [6, 6.07) is 20.5. The number of hydrogen-bond acceptors (Lipinski definition) is 6. The number of benzene rings is 2. The van der Waals surface area contributed by atoms with E-state index in [0.29, 0.717) is 5.56 Å². The summed E-state index contributed by atoms with van der Waals surface area (Å²) in [5.74, 6) is 0.867. The summed E-state index contributed by atoms with van der Waals surface area (Å²) < 4.78 is 1.95. The SMILES string of the molecule is N#Cc1ccc(C(c2nnnn2CCc2ccccc2)N2CCN(C3=CCCCC3)CC2)cc1. The van der Waals surface area contributed by atoms with Crippen LogP contribution in [0.3, 0.4) is 0 Å². The molecule has 0 bridgehead atoms. The van der Waals surface area contributed by atoms with Crippen LogP contribution in [0.25, 0.3) is 0 Å². The summed E-state index contributed by atoms with van der Waals surface area (Å²) in [5.41, 5.74) is 4.59. The Morgan fingerprint density at radius 3 is 2.44 bits per heavy atom. The summed E-state index contributed by atoms with van der Waals surface area (Å²) >= 11 is 0. The molecule has 3 aromatic rings. The van der Waals surface area contributed by atoms with Crippen molar-refractivity contribution in [2.24, 2.45) is 0 Å². The molecule has 1 atom stereocenters. The highest BCUT2D eigenvalue weighted by atomic mass is 15.6. The van der Waals surface area contributed by atoms with Crippen molar-refractivity contribution in [2.75, 3.05) is 26.2 Å². The van der Waals surface area contributed by atoms with Crippen molar-refractivity contribution >= 4 is 0 Å². The fourth-order valence-electron chi connectivity index (χ4n) is 5.09. The third kappa shape index (κ3) is 5.02. The fraction of sp³-hybridized carbons (Fsp3) is 0.407. The summed E-state index contributed by atoms with van der Waals surface area (Å²) in [5, 5.41) is 22.2. The summed E-state index contributed by atoms with van der Waals surface area (Å²) in [6.07, 6.45) is 8.34. The van der Waals surface area contributed by atoms with Gasteiger partial charge in [-0.05, 0) is 65.8 Å². The van der Waals surface area contributed by atoms with Gasteiger partial charge in [0.05, 0.1) is 17.7 Å². The Kier molecular flexibility index (Phi) is 6.97. The largest absolute Gasteiger partial charge is 0.373 e. The lowest BCUT2D eigenvalue weighted by Gasteiger charge is -2.41. The van der Waals surface area contributed by atoms with E-state index in [2.05, 4.69) is 73.9 Å². The van der Waals surface area contributed by atoms with Gasteiger partial charge in [0.1, 0.15) is 0 Å². The number of allylic oxidation sites excluding steroid dienone is 2. The van der Waals surface area contributed by atoms with E-state index in [9.17, 15) is 5.26 Å². The van der Waals surface area contributed by atoms with Crippen molar-refractivity contribution in [3.63, 3.8) is 0 Å². The van der Waals surface area contributed by atoms with Crippen molar-refractivity contribution in [1.82, 2.24) is 30.0 Å². The lowest BCUT2D eigenvalue weighted by Crippen LogP contribution is -2.48. The first-order chi connectivity index (χ1) is 16.8. The highest BCUT2D eigenvalue weighted by molar-refractivity contribution is 5.35. The van der Waals surface area contributed by atoms with Crippen LogP contribution >= 0.6 is 0 Å². The molecule has 1 saturated heterocycles. The Morgan fingerprint density at radius 1 is 0.941 bits per heavy atom. The molecule has 1 aliphatic carbocycles. The van der Waals surface area contributed by atoms with Gasteiger partial charge in [-0.1, -0.05) is 48.5 Å². The van der Waals surface area contributed by atoms with Crippen molar-refractivity contribution in [3.8, 4) is 6.07 Å². The van der Waals surface area contributed by atoms with Crippen LogP contribution in [-0.2, 0) is 13.0 Å². The smallest absolute Gasteiger partial charge is 0.173 e. The van der Waals surface area contributed by atoms with Crippen molar-refractivity contribution in [1.29, 1.82) is 5.26 Å². The Morgan fingerprint density at radius 2 is 1.74 bits per heavy atom. The van der Waals surface area contributed by atoms with Crippen LogP contribution in [0, 0.1) is 11.3 Å². The van der Waals surface area contributed by atoms with Gasteiger partial charge in [-0.2, -0.15) is 5.26 Å². The van der Waals surface area contributed by atoms with E-state index in [-0.39, 0.29) is 6.04 Å². The summed E-state index contributed by atoms with van der Waals surface area (Å²) in [6.45, 7) is 4.67. The maximum atomic E-state index is 9.27. The first-order valence-corrected chi connectivity index (χ1v) is 12.3. The molecule has 0 radical (unpaired) electrons. The van der Waals surface area contributed by atoms with E-state index in [4.69, 9.17) is 0 Å². The number of aryl methyl sites for hydroxylation is 2. The third-order valence-corrected chi connectivity index (χ3v) is 6.97. The zero-order valence-electron chi connectivity index (χ0n) is 19.6. The lowest BCUT2D eigenvalue weighted by molar-refractivity contribution is 0.122. The summed E-state index contributed by atoms with van der Waals surface area (Å²) in [7, 11) is 0. The van der Waals surface area contributed by atoms with Gasteiger partial charge >= 0.3 is 0 Å². The topological polar surface area (TPSA) is 73.9 Å². The average molecular weight is 454 g/mol. The molecule has 0 N–H and O–H groups in total. The number of nitrogens with zero attached hydrogens (tertiary/aromatic N) is 7. The van der Waals surface area contributed by atoms with Crippen LogP contribution in [-0.4, -0.2) is 56.2 Å². The minimum absolute atomic E-state index is 0.0407. The Labute approximate surface area is 201 Å². The normalized spacial score (nSPS) is 17.7. The minimum Gasteiger partial charge on any atom is -0.373 e. The van der Waals surface area contributed by atoms with E-state index >= 15 is 0 Å². The quantitative estimate of drug-likeness (QED) is 0.539. The van der Waals surface area contributed by atoms with Crippen LogP contribution in [0.15, 0.2) is 66.4 Å². The number of piperazine rings is 1. The van der Waals surface area contributed by atoms with Crippen LogP contribution < -0.4 is 0 Å². The van der Waals surface area contributed by atoms with Gasteiger partial charge in [-0.15, -0.1) is 5.10 Å². The molecule has 1 aromatic heterocycles. The molecular weight excluding hydrogens is 422 g/mol. The second kappa shape index (κ2) is 10.6. The molecule has 174 valence electrons. The third-order valence-electron chi connectivity index (χ3n) is 6.97. The molecule has 2 aliphatic rings. The van der Waals surface area contributed by atoms with Crippen LogP contribution in [0.2, 0.25) is 0 Å². The minimum atomic E-state index is -0.0407. The van der Waals surface area contributed by atoms with Crippen molar-refractivity contribution < 1.29 is 0 Å². The maximum absolute atomic E-state index is 9.27. The Hall–Kier alpha value is -3.50. The average Bonchev–Trinajstić information content (AvgIpc) is 3.37. The van der Waals surface area contributed by atoms with Crippen LogP contribution in [0.5, 0.6) is 0 Å². The second-order valence-corrected chi connectivity index (χ2v) is 9.10. The zero-order valence-corrected chi connectivity index (χ0v) is 19.6. The molecule has 2 heterocycles. The number of rotatable bonds is 7. The van der Waals surface area contributed by atoms with Gasteiger partial charge in [-0.25, -0.2) is 4.68 Å². The maximum Gasteiger partial charge on any atom is 0.173 e.